The zero-order valence-electron chi connectivity index (χ0n) is 10.8. The maximum Gasteiger partial charge on any atom is 0.0139 e. The van der Waals surface area contributed by atoms with Crippen LogP contribution in [0.5, 0.6) is 0 Å². The molecule has 0 aromatic rings. The highest BCUT2D eigenvalue weighted by Crippen LogP contribution is 2.31. The molecule has 0 amide bonds. The summed E-state index contributed by atoms with van der Waals surface area (Å²) in [6.07, 6.45) is 15.7. The SMILES string of the molecule is C1=CCC(NC2CCCCC2C2CCCN2)C1. The summed E-state index contributed by atoms with van der Waals surface area (Å²) in [6, 6.07) is 2.33. The van der Waals surface area contributed by atoms with E-state index in [0.717, 1.165) is 24.0 Å². The van der Waals surface area contributed by atoms with Crippen molar-refractivity contribution < 1.29 is 0 Å². The predicted molar refractivity (Wildman–Crippen MR) is 72.1 cm³/mol. The van der Waals surface area contributed by atoms with E-state index in [0.29, 0.717) is 0 Å². The predicted octanol–water partition coefficient (Wildman–Crippen LogP) is 2.61. The summed E-state index contributed by atoms with van der Waals surface area (Å²) in [7, 11) is 0. The molecule has 1 saturated heterocycles. The molecular weight excluding hydrogens is 208 g/mol. The molecule has 3 aliphatic rings. The van der Waals surface area contributed by atoms with Gasteiger partial charge < -0.3 is 10.6 Å². The van der Waals surface area contributed by atoms with Gasteiger partial charge in [0.25, 0.3) is 0 Å². The van der Waals surface area contributed by atoms with E-state index in [4.69, 9.17) is 0 Å². The highest BCUT2D eigenvalue weighted by molar-refractivity contribution is 5.00. The smallest absolute Gasteiger partial charge is 0.0139 e. The molecule has 1 heterocycles. The van der Waals surface area contributed by atoms with E-state index in [9.17, 15) is 0 Å². The van der Waals surface area contributed by atoms with Gasteiger partial charge in [-0.3, -0.25) is 0 Å². The highest BCUT2D eigenvalue weighted by atomic mass is 15.0. The first-order valence-corrected chi connectivity index (χ1v) is 7.58. The molecule has 3 rings (SSSR count). The summed E-state index contributed by atoms with van der Waals surface area (Å²) in [5.74, 6) is 0.895. The van der Waals surface area contributed by atoms with Gasteiger partial charge in [-0.25, -0.2) is 0 Å². The van der Waals surface area contributed by atoms with Crippen molar-refractivity contribution in [1.29, 1.82) is 0 Å². The van der Waals surface area contributed by atoms with Crippen molar-refractivity contribution in [3.8, 4) is 0 Å². The van der Waals surface area contributed by atoms with Crippen LogP contribution >= 0.6 is 0 Å². The lowest BCUT2D eigenvalue weighted by atomic mass is 9.79. The average molecular weight is 234 g/mol. The summed E-state index contributed by atoms with van der Waals surface area (Å²) in [5, 5.41) is 7.67. The maximum absolute atomic E-state index is 3.94. The largest absolute Gasteiger partial charge is 0.314 e. The lowest BCUT2D eigenvalue weighted by Gasteiger charge is -2.38. The van der Waals surface area contributed by atoms with Crippen molar-refractivity contribution in [2.45, 2.75) is 69.5 Å². The van der Waals surface area contributed by atoms with Gasteiger partial charge in [-0.05, 0) is 51.0 Å². The Hall–Kier alpha value is -0.340. The first-order valence-electron chi connectivity index (χ1n) is 7.58. The minimum Gasteiger partial charge on any atom is -0.314 e. The van der Waals surface area contributed by atoms with Crippen LogP contribution in [0.1, 0.15) is 51.4 Å². The van der Waals surface area contributed by atoms with Gasteiger partial charge >= 0.3 is 0 Å². The van der Waals surface area contributed by atoms with Crippen LogP contribution < -0.4 is 10.6 Å². The van der Waals surface area contributed by atoms with Crippen molar-refractivity contribution in [1.82, 2.24) is 10.6 Å². The van der Waals surface area contributed by atoms with Gasteiger partial charge in [0.1, 0.15) is 0 Å². The molecule has 3 unspecified atom stereocenters. The number of nitrogens with one attached hydrogen (secondary N) is 2. The summed E-state index contributed by atoms with van der Waals surface area (Å²) in [5.41, 5.74) is 0. The molecule has 2 N–H and O–H groups in total. The molecule has 2 heteroatoms. The lowest BCUT2D eigenvalue weighted by molar-refractivity contribution is 0.202. The molecule has 0 spiro atoms. The fraction of sp³-hybridized carbons (Fsp3) is 0.867. The van der Waals surface area contributed by atoms with Crippen LogP contribution in [0.15, 0.2) is 12.2 Å². The molecule has 96 valence electrons. The normalized spacial score (nSPS) is 38.9. The van der Waals surface area contributed by atoms with Crippen molar-refractivity contribution in [3.63, 3.8) is 0 Å². The molecule has 0 aromatic heterocycles. The first kappa shape index (κ1) is 11.7. The molecule has 0 aromatic carbocycles. The van der Waals surface area contributed by atoms with Crippen LogP contribution in [0.4, 0.5) is 0 Å². The monoisotopic (exact) mass is 234 g/mol. The fourth-order valence-corrected chi connectivity index (χ4v) is 3.98. The van der Waals surface area contributed by atoms with Crippen LogP contribution in [0.25, 0.3) is 0 Å². The molecule has 2 aliphatic carbocycles. The Bertz CT molecular complexity index is 260. The summed E-state index contributed by atoms with van der Waals surface area (Å²) < 4.78 is 0. The van der Waals surface area contributed by atoms with Crippen molar-refractivity contribution in [3.05, 3.63) is 12.2 Å². The van der Waals surface area contributed by atoms with Crippen LogP contribution in [0.2, 0.25) is 0 Å². The van der Waals surface area contributed by atoms with Gasteiger partial charge in [-0.15, -0.1) is 0 Å². The Kier molecular flexibility index (Phi) is 3.82. The van der Waals surface area contributed by atoms with Crippen LogP contribution in [0.3, 0.4) is 0 Å². The Morgan fingerprint density at radius 1 is 0.941 bits per heavy atom. The van der Waals surface area contributed by atoms with E-state index in [1.807, 2.05) is 0 Å². The minimum absolute atomic E-state index is 0.738. The van der Waals surface area contributed by atoms with E-state index in [1.165, 1.54) is 57.9 Å². The van der Waals surface area contributed by atoms with E-state index < -0.39 is 0 Å². The number of rotatable bonds is 3. The van der Waals surface area contributed by atoms with Crippen LogP contribution in [0, 0.1) is 5.92 Å². The molecule has 0 bridgehead atoms. The fourth-order valence-electron chi connectivity index (χ4n) is 3.98. The molecule has 2 fully saturated rings. The van der Waals surface area contributed by atoms with Crippen molar-refractivity contribution in [2.75, 3.05) is 6.54 Å². The van der Waals surface area contributed by atoms with E-state index in [1.54, 1.807) is 0 Å². The topological polar surface area (TPSA) is 24.1 Å². The van der Waals surface area contributed by atoms with E-state index >= 15 is 0 Å². The second-order valence-electron chi connectivity index (χ2n) is 6.06. The van der Waals surface area contributed by atoms with Gasteiger partial charge in [0, 0.05) is 18.1 Å². The number of hydrogen-bond donors (Lipinski definition) is 2. The minimum atomic E-state index is 0.738. The zero-order valence-corrected chi connectivity index (χ0v) is 10.8. The third-order valence-corrected chi connectivity index (χ3v) is 4.89. The molecule has 17 heavy (non-hydrogen) atoms. The van der Waals surface area contributed by atoms with Crippen LogP contribution in [-0.4, -0.2) is 24.7 Å². The Morgan fingerprint density at radius 2 is 1.76 bits per heavy atom. The quantitative estimate of drug-likeness (QED) is 0.734. The summed E-state index contributed by atoms with van der Waals surface area (Å²) >= 11 is 0. The number of hydrogen-bond acceptors (Lipinski definition) is 2. The second kappa shape index (κ2) is 5.53. The summed E-state index contributed by atoms with van der Waals surface area (Å²) in [6.45, 7) is 1.25. The second-order valence-corrected chi connectivity index (χ2v) is 6.06. The highest BCUT2D eigenvalue weighted by Gasteiger charge is 2.34. The Labute approximate surface area is 105 Å². The average Bonchev–Trinajstić information content (AvgIpc) is 3.01. The molecule has 1 saturated carbocycles. The van der Waals surface area contributed by atoms with E-state index in [2.05, 4.69) is 22.8 Å². The molecule has 2 nitrogen and oxygen atoms in total. The summed E-state index contributed by atoms with van der Waals surface area (Å²) in [4.78, 5) is 0. The van der Waals surface area contributed by atoms with Gasteiger partial charge in [-0.2, -0.15) is 0 Å². The third kappa shape index (κ3) is 2.74. The Balaban J connectivity index is 1.58. The lowest BCUT2D eigenvalue weighted by Crippen LogP contribution is -2.49. The maximum atomic E-state index is 3.94. The third-order valence-electron chi connectivity index (χ3n) is 4.89. The van der Waals surface area contributed by atoms with Gasteiger partial charge in [0.15, 0.2) is 0 Å². The molecular formula is C15H26N2. The first-order chi connectivity index (χ1) is 8.43. The molecule has 0 radical (unpaired) electrons. The van der Waals surface area contributed by atoms with Gasteiger partial charge in [-0.1, -0.05) is 25.0 Å². The molecule has 1 aliphatic heterocycles. The zero-order chi connectivity index (χ0) is 11.5. The van der Waals surface area contributed by atoms with Gasteiger partial charge in [0.05, 0.1) is 0 Å². The standard InChI is InChI=1S/C15H26N2/c1-2-7-12(6-1)17-15-9-4-3-8-13(15)14-10-5-11-16-14/h1-2,12-17H,3-11H2. The van der Waals surface area contributed by atoms with Crippen LogP contribution in [-0.2, 0) is 0 Å². The van der Waals surface area contributed by atoms with E-state index in [-0.39, 0.29) is 0 Å². The molecule has 3 atom stereocenters. The van der Waals surface area contributed by atoms with Crippen molar-refractivity contribution >= 4 is 0 Å². The van der Waals surface area contributed by atoms with Gasteiger partial charge in [0.2, 0.25) is 0 Å². The van der Waals surface area contributed by atoms with Crippen molar-refractivity contribution in [2.24, 2.45) is 5.92 Å². The Morgan fingerprint density at radius 3 is 2.53 bits per heavy atom.